The molecule has 0 saturated carbocycles. The monoisotopic (exact) mass is 342 g/mol. The molecule has 2 rings (SSSR count). The van der Waals surface area contributed by atoms with Crippen molar-refractivity contribution in [2.24, 2.45) is 0 Å². The Hall–Kier alpha value is -2.56. The number of benzene rings is 1. The summed E-state index contributed by atoms with van der Waals surface area (Å²) >= 11 is 0. The van der Waals surface area contributed by atoms with Crippen LogP contribution in [0.5, 0.6) is 0 Å². The maximum absolute atomic E-state index is 12.9. The van der Waals surface area contributed by atoms with Crippen molar-refractivity contribution in [1.29, 1.82) is 0 Å². The number of amides is 1. The standard InChI is InChI=1S/C20H26N2O3/c1-7-22-15(6)17(14(5)18(22)20(24)25-8-2)19(23)21-16-11-12(3)9-10-13(16)4/h9-11H,7-8H2,1-6H3,(H,21,23). The molecule has 0 atom stereocenters. The summed E-state index contributed by atoms with van der Waals surface area (Å²) in [5.74, 6) is -0.600. The van der Waals surface area contributed by atoms with Gasteiger partial charge in [0.1, 0.15) is 5.69 Å². The molecule has 0 radical (unpaired) electrons. The predicted molar refractivity (Wildman–Crippen MR) is 99.4 cm³/mol. The normalized spacial score (nSPS) is 10.6. The molecule has 1 aromatic heterocycles. The van der Waals surface area contributed by atoms with Gasteiger partial charge in [-0.3, -0.25) is 4.79 Å². The van der Waals surface area contributed by atoms with Crippen LogP contribution in [0.1, 0.15) is 57.1 Å². The van der Waals surface area contributed by atoms with E-state index in [0.717, 1.165) is 22.5 Å². The van der Waals surface area contributed by atoms with E-state index in [1.54, 1.807) is 13.8 Å². The third-order valence-electron chi connectivity index (χ3n) is 4.42. The van der Waals surface area contributed by atoms with E-state index in [9.17, 15) is 9.59 Å². The van der Waals surface area contributed by atoms with Gasteiger partial charge in [-0.15, -0.1) is 0 Å². The van der Waals surface area contributed by atoms with Gasteiger partial charge < -0.3 is 14.6 Å². The smallest absolute Gasteiger partial charge is 0.355 e. The lowest BCUT2D eigenvalue weighted by molar-refractivity contribution is 0.0512. The number of aryl methyl sites for hydroxylation is 2. The van der Waals surface area contributed by atoms with Crippen molar-refractivity contribution in [3.8, 4) is 0 Å². The van der Waals surface area contributed by atoms with Crippen molar-refractivity contribution in [2.45, 2.75) is 48.1 Å². The quantitative estimate of drug-likeness (QED) is 0.830. The average molecular weight is 342 g/mol. The van der Waals surface area contributed by atoms with E-state index < -0.39 is 5.97 Å². The van der Waals surface area contributed by atoms with Crippen LogP contribution in [-0.2, 0) is 11.3 Å². The highest BCUT2D eigenvalue weighted by Crippen LogP contribution is 2.25. The number of aromatic nitrogens is 1. The maximum Gasteiger partial charge on any atom is 0.355 e. The van der Waals surface area contributed by atoms with Crippen molar-refractivity contribution >= 4 is 17.6 Å². The van der Waals surface area contributed by atoms with Gasteiger partial charge in [-0.25, -0.2) is 4.79 Å². The topological polar surface area (TPSA) is 60.3 Å². The molecule has 1 heterocycles. The van der Waals surface area contributed by atoms with Gasteiger partial charge in [0.15, 0.2) is 0 Å². The van der Waals surface area contributed by atoms with E-state index in [0.29, 0.717) is 30.0 Å². The molecule has 0 spiro atoms. The van der Waals surface area contributed by atoms with Crippen LogP contribution in [0.3, 0.4) is 0 Å². The number of esters is 1. The van der Waals surface area contributed by atoms with Gasteiger partial charge in [-0.2, -0.15) is 0 Å². The molecule has 0 aliphatic heterocycles. The van der Waals surface area contributed by atoms with Crippen LogP contribution in [0.4, 0.5) is 5.69 Å². The van der Waals surface area contributed by atoms with Crippen LogP contribution in [0.25, 0.3) is 0 Å². The Morgan fingerprint density at radius 1 is 1.12 bits per heavy atom. The highest BCUT2D eigenvalue weighted by Gasteiger charge is 2.26. The van der Waals surface area contributed by atoms with Crippen molar-refractivity contribution in [3.63, 3.8) is 0 Å². The molecule has 2 aromatic rings. The highest BCUT2D eigenvalue weighted by atomic mass is 16.5. The summed E-state index contributed by atoms with van der Waals surface area (Å²) in [6, 6.07) is 5.93. The Labute approximate surface area is 149 Å². The summed E-state index contributed by atoms with van der Waals surface area (Å²) in [6.07, 6.45) is 0. The fraction of sp³-hybridized carbons (Fsp3) is 0.400. The SMILES string of the molecule is CCOC(=O)c1c(C)c(C(=O)Nc2cc(C)ccc2C)c(C)n1CC. The first-order chi connectivity index (χ1) is 11.8. The molecular weight excluding hydrogens is 316 g/mol. The van der Waals surface area contributed by atoms with Gasteiger partial charge in [0.25, 0.3) is 5.91 Å². The van der Waals surface area contributed by atoms with Crippen molar-refractivity contribution in [2.75, 3.05) is 11.9 Å². The number of nitrogens with one attached hydrogen (secondary N) is 1. The minimum Gasteiger partial charge on any atom is -0.461 e. The Bertz CT molecular complexity index is 819. The number of nitrogens with zero attached hydrogens (tertiary/aromatic N) is 1. The zero-order valence-electron chi connectivity index (χ0n) is 15.8. The number of hydrogen-bond acceptors (Lipinski definition) is 3. The van der Waals surface area contributed by atoms with E-state index in [2.05, 4.69) is 5.32 Å². The van der Waals surface area contributed by atoms with Crippen LogP contribution in [0.15, 0.2) is 18.2 Å². The van der Waals surface area contributed by atoms with Crippen LogP contribution in [-0.4, -0.2) is 23.1 Å². The Balaban J connectivity index is 2.46. The number of anilines is 1. The minimum absolute atomic E-state index is 0.207. The fourth-order valence-corrected chi connectivity index (χ4v) is 3.14. The minimum atomic E-state index is -0.393. The maximum atomic E-state index is 12.9. The van der Waals surface area contributed by atoms with E-state index in [1.165, 1.54) is 0 Å². The van der Waals surface area contributed by atoms with E-state index in [-0.39, 0.29) is 5.91 Å². The Kier molecular flexibility index (Phi) is 5.67. The van der Waals surface area contributed by atoms with Crippen molar-refractivity contribution in [1.82, 2.24) is 4.57 Å². The first-order valence-corrected chi connectivity index (χ1v) is 8.57. The second-order valence-electron chi connectivity index (χ2n) is 6.17. The molecule has 0 fully saturated rings. The van der Waals surface area contributed by atoms with Crippen molar-refractivity contribution in [3.05, 3.63) is 51.8 Å². The molecule has 0 aliphatic rings. The first kappa shape index (κ1) is 18.8. The summed E-state index contributed by atoms with van der Waals surface area (Å²) in [7, 11) is 0. The van der Waals surface area contributed by atoms with E-state index in [4.69, 9.17) is 4.74 Å². The van der Waals surface area contributed by atoms with Gasteiger partial charge >= 0.3 is 5.97 Å². The number of carbonyl (C=O) groups is 2. The van der Waals surface area contributed by atoms with Gasteiger partial charge in [0.2, 0.25) is 0 Å². The highest BCUT2D eigenvalue weighted by molar-refractivity contribution is 6.08. The third kappa shape index (κ3) is 3.60. The molecular formula is C20H26N2O3. The molecule has 0 aliphatic carbocycles. The lowest BCUT2D eigenvalue weighted by atomic mass is 10.1. The Morgan fingerprint density at radius 2 is 1.80 bits per heavy atom. The Morgan fingerprint density at radius 3 is 2.40 bits per heavy atom. The molecule has 1 amide bonds. The second kappa shape index (κ2) is 7.55. The van der Waals surface area contributed by atoms with E-state index in [1.807, 2.05) is 50.5 Å². The first-order valence-electron chi connectivity index (χ1n) is 8.57. The fourth-order valence-electron chi connectivity index (χ4n) is 3.14. The van der Waals surface area contributed by atoms with Gasteiger partial charge in [0.05, 0.1) is 12.2 Å². The number of hydrogen-bond donors (Lipinski definition) is 1. The summed E-state index contributed by atoms with van der Waals surface area (Å²) in [6.45, 7) is 12.2. The van der Waals surface area contributed by atoms with Crippen LogP contribution < -0.4 is 5.32 Å². The van der Waals surface area contributed by atoms with Gasteiger partial charge in [0, 0.05) is 17.9 Å². The second-order valence-corrected chi connectivity index (χ2v) is 6.17. The largest absolute Gasteiger partial charge is 0.461 e. The molecule has 1 N–H and O–H groups in total. The molecule has 1 aromatic carbocycles. The summed E-state index contributed by atoms with van der Waals surface area (Å²) < 4.78 is 7.00. The molecule has 25 heavy (non-hydrogen) atoms. The van der Waals surface area contributed by atoms with Crippen LogP contribution in [0.2, 0.25) is 0 Å². The third-order valence-corrected chi connectivity index (χ3v) is 4.42. The number of rotatable bonds is 5. The zero-order chi connectivity index (χ0) is 18.7. The summed E-state index contributed by atoms with van der Waals surface area (Å²) in [5.41, 5.74) is 5.26. The molecule has 5 nitrogen and oxygen atoms in total. The molecule has 0 unspecified atom stereocenters. The van der Waals surface area contributed by atoms with Gasteiger partial charge in [-0.1, -0.05) is 12.1 Å². The zero-order valence-corrected chi connectivity index (χ0v) is 15.8. The van der Waals surface area contributed by atoms with Crippen molar-refractivity contribution < 1.29 is 14.3 Å². The molecule has 0 bridgehead atoms. The molecule has 0 saturated heterocycles. The predicted octanol–water partition coefficient (Wildman–Crippen LogP) is 4.17. The average Bonchev–Trinajstić information content (AvgIpc) is 2.81. The van der Waals surface area contributed by atoms with Gasteiger partial charge in [-0.05, 0) is 64.3 Å². The van der Waals surface area contributed by atoms with E-state index >= 15 is 0 Å². The summed E-state index contributed by atoms with van der Waals surface area (Å²) in [4.78, 5) is 25.2. The molecule has 134 valence electrons. The lowest BCUT2D eigenvalue weighted by Crippen LogP contribution is -2.15. The number of ether oxygens (including phenoxy) is 1. The number of carbonyl (C=O) groups excluding carboxylic acids is 2. The lowest BCUT2D eigenvalue weighted by Gasteiger charge is -2.10. The summed E-state index contributed by atoms with van der Waals surface area (Å²) in [5, 5.41) is 2.98. The van der Waals surface area contributed by atoms with Crippen LogP contribution in [0, 0.1) is 27.7 Å². The molecule has 5 heteroatoms. The van der Waals surface area contributed by atoms with Crippen LogP contribution >= 0.6 is 0 Å².